The van der Waals surface area contributed by atoms with Crippen molar-refractivity contribution >= 4 is 90.8 Å². The number of halogens is 4. The average Bonchev–Trinajstić information content (AvgIpc) is 2.13. The van der Waals surface area contributed by atoms with Gasteiger partial charge in [0.25, 0.3) is 0 Å². The molecule has 0 aliphatic heterocycles. The molecule has 3 nitrogen and oxygen atoms in total. The van der Waals surface area contributed by atoms with Crippen LogP contribution in [0.3, 0.4) is 0 Å². The summed E-state index contributed by atoms with van der Waals surface area (Å²) in [6.07, 6.45) is 0. The molecule has 0 spiro atoms. The van der Waals surface area contributed by atoms with Gasteiger partial charge in [-0.3, -0.25) is 0 Å². The summed E-state index contributed by atoms with van der Waals surface area (Å²) in [6, 6.07) is 0. The number of phenolic OH excluding ortho intramolecular Hbond substituents is 2. The molecular weight excluding hydrogens is 628 g/mol. The molecule has 0 heterocycles. The van der Waals surface area contributed by atoms with E-state index in [1.165, 1.54) is 0 Å². The van der Waals surface area contributed by atoms with Gasteiger partial charge in [0.15, 0.2) is 28.8 Å². The SMILES string of the molecule is Oc1c(I)c(O)c(I)c(OI)c1I. The van der Waals surface area contributed by atoms with E-state index < -0.39 is 0 Å². The first kappa shape index (κ1) is 12.6. The van der Waals surface area contributed by atoms with Crippen LogP contribution in [-0.4, -0.2) is 10.2 Å². The van der Waals surface area contributed by atoms with Crippen molar-refractivity contribution < 1.29 is 13.3 Å². The Hall–Kier alpha value is 1.54. The molecule has 0 aliphatic carbocycles. The van der Waals surface area contributed by atoms with Gasteiger partial charge in [-0.2, -0.15) is 0 Å². The second kappa shape index (κ2) is 5.05. The van der Waals surface area contributed by atoms with Crippen LogP contribution in [0.1, 0.15) is 0 Å². The molecule has 2 N–H and O–H groups in total. The lowest BCUT2D eigenvalue weighted by molar-refractivity contribution is 0.434. The van der Waals surface area contributed by atoms with E-state index in [0.29, 0.717) is 16.5 Å². The number of benzene rings is 1. The molecule has 0 saturated carbocycles. The molecule has 0 bridgehead atoms. The Morgan fingerprint density at radius 3 is 1.54 bits per heavy atom. The van der Waals surface area contributed by atoms with E-state index in [1.807, 2.05) is 67.8 Å². The van der Waals surface area contributed by atoms with Crippen LogP contribution in [0.2, 0.25) is 0 Å². The summed E-state index contributed by atoms with van der Waals surface area (Å²) in [5, 5.41) is 19.1. The predicted octanol–water partition coefficient (Wildman–Crippen LogP) is 3.64. The second-order valence-electron chi connectivity index (χ2n) is 2.05. The zero-order valence-corrected chi connectivity index (χ0v) is 14.4. The highest BCUT2D eigenvalue weighted by molar-refractivity contribution is 14.1. The molecule has 0 atom stereocenters. The van der Waals surface area contributed by atoms with Crippen molar-refractivity contribution in [3.8, 4) is 17.2 Å². The molecule has 0 aliphatic rings. The maximum atomic E-state index is 9.56. The van der Waals surface area contributed by atoms with Crippen LogP contribution in [0.5, 0.6) is 17.2 Å². The largest absolute Gasteiger partial charge is 0.505 e. The van der Waals surface area contributed by atoms with Crippen molar-refractivity contribution in [3.63, 3.8) is 0 Å². The van der Waals surface area contributed by atoms with Crippen LogP contribution >= 0.6 is 90.8 Å². The molecule has 72 valence electrons. The van der Waals surface area contributed by atoms with Gasteiger partial charge in [-0.05, 0) is 67.8 Å². The maximum Gasteiger partial charge on any atom is 0.192 e. The van der Waals surface area contributed by atoms with Crippen LogP contribution in [0.15, 0.2) is 0 Å². The summed E-state index contributed by atoms with van der Waals surface area (Å²) in [5.41, 5.74) is 0. The Morgan fingerprint density at radius 2 is 1.23 bits per heavy atom. The first-order chi connectivity index (χ1) is 6.00. The molecule has 13 heavy (non-hydrogen) atoms. The highest BCUT2D eigenvalue weighted by atomic mass is 127. The lowest BCUT2D eigenvalue weighted by Crippen LogP contribution is -1.90. The molecule has 1 aromatic rings. The third-order valence-electron chi connectivity index (χ3n) is 1.31. The molecule has 0 fully saturated rings. The number of rotatable bonds is 1. The Balaban J connectivity index is 3.56. The molecule has 7 heteroatoms. The van der Waals surface area contributed by atoms with Gasteiger partial charge in [0, 0.05) is 0 Å². The smallest absolute Gasteiger partial charge is 0.192 e. The first-order valence-corrected chi connectivity index (χ1v) is 6.99. The molecule has 0 unspecified atom stereocenters. The van der Waals surface area contributed by atoms with Gasteiger partial charge < -0.3 is 13.3 Å². The molecule has 1 aromatic carbocycles. The van der Waals surface area contributed by atoms with Crippen molar-refractivity contribution in [1.82, 2.24) is 0 Å². The number of aromatic hydroxyl groups is 2. The summed E-state index contributed by atoms with van der Waals surface area (Å²) in [4.78, 5) is 0. The van der Waals surface area contributed by atoms with Gasteiger partial charge in [-0.15, -0.1) is 0 Å². The van der Waals surface area contributed by atoms with E-state index in [1.54, 1.807) is 23.0 Å². The summed E-state index contributed by atoms with van der Waals surface area (Å²) in [6.45, 7) is 0. The van der Waals surface area contributed by atoms with E-state index in [0.717, 1.165) is 0 Å². The van der Waals surface area contributed by atoms with E-state index in [-0.39, 0.29) is 11.5 Å². The highest BCUT2D eigenvalue weighted by Gasteiger charge is 2.20. The van der Waals surface area contributed by atoms with Gasteiger partial charge >= 0.3 is 0 Å². The first-order valence-electron chi connectivity index (χ1n) is 2.87. The predicted molar refractivity (Wildman–Crippen MR) is 82.6 cm³/mol. The van der Waals surface area contributed by atoms with E-state index in [4.69, 9.17) is 3.07 Å². The van der Waals surface area contributed by atoms with Crippen LogP contribution < -0.4 is 3.07 Å². The third kappa shape index (κ3) is 2.38. The van der Waals surface area contributed by atoms with Crippen LogP contribution in [0.25, 0.3) is 0 Å². The quantitative estimate of drug-likeness (QED) is 0.467. The van der Waals surface area contributed by atoms with Crippen LogP contribution in [0.4, 0.5) is 0 Å². The van der Waals surface area contributed by atoms with Gasteiger partial charge in [0.1, 0.15) is 18.6 Å². The Morgan fingerprint density at radius 1 is 0.846 bits per heavy atom. The van der Waals surface area contributed by atoms with Crippen molar-refractivity contribution in [1.29, 1.82) is 0 Å². The summed E-state index contributed by atoms with van der Waals surface area (Å²) < 4.78 is 6.69. The fourth-order valence-electron chi connectivity index (χ4n) is 0.684. The normalized spacial score (nSPS) is 10.2. The fraction of sp³-hybridized carbons (Fsp3) is 0. The molecule has 0 amide bonds. The summed E-state index contributed by atoms with van der Waals surface area (Å²) in [5.74, 6) is 0.619. The van der Waals surface area contributed by atoms with Gasteiger partial charge in [0.2, 0.25) is 0 Å². The fourth-order valence-corrected chi connectivity index (χ4v) is 5.35. The maximum absolute atomic E-state index is 9.56. The molecule has 0 radical (unpaired) electrons. The van der Waals surface area contributed by atoms with Crippen molar-refractivity contribution in [2.45, 2.75) is 0 Å². The average molecular weight is 630 g/mol. The summed E-state index contributed by atoms with van der Waals surface area (Å²) in [7, 11) is 0. The van der Waals surface area contributed by atoms with Crippen LogP contribution in [0, 0.1) is 10.7 Å². The van der Waals surface area contributed by atoms with E-state index >= 15 is 0 Å². The lowest BCUT2D eigenvalue weighted by Gasteiger charge is -2.10. The van der Waals surface area contributed by atoms with Crippen molar-refractivity contribution in [2.24, 2.45) is 0 Å². The monoisotopic (exact) mass is 630 g/mol. The minimum absolute atomic E-state index is 0.0609. The minimum atomic E-state index is 0.0609. The third-order valence-corrected chi connectivity index (χ3v) is 4.77. The lowest BCUT2D eigenvalue weighted by atomic mass is 10.3. The van der Waals surface area contributed by atoms with Crippen LogP contribution in [-0.2, 0) is 0 Å². The van der Waals surface area contributed by atoms with Crippen molar-refractivity contribution in [3.05, 3.63) is 10.7 Å². The highest BCUT2D eigenvalue weighted by Crippen LogP contribution is 2.44. The van der Waals surface area contributed by atoms with Gasteiger partial charge in [-0.25, -0.2) is 0 Å². The number of hydrogen-bond acceptors (Lipinski definition) is 3. The molecule has 1 rings (SSSR count). The minimum Gasteiger partial charge on any atom is -0.505 e. The Labute approximate surface area is 130 Å². The Kier molecular flexibility index (Phi) is 4.89. The molecular formula is C6H2I4O3. The van der Waals surface area contributed by atoms with Crippen molar-refractivity contribution in [2.75, 3.05) is 0 Å². The zero-order chi connectivity index (χ0) is 10.2. The number of hydrogen-bond donors (Lipinski definition) is 2. The van der Waals surface area contributed by atoms with E-state index in [9.17, 15) is 10.2 Å². The molecule has 0 aromatic heterocycles. The number of phenols is 2. The zero-order valence-electron chi connectivity index (χ0n) is 5.81. The standard InChI is InChI=1S/C6H2I4O3/c7-1-4(11)2(8)6(13-10)3(9)5(1)12/h11-12H. The molecule has 0 saturated heterocycles. The van der Waals surface area contributed by atoms with Gasteiger partial charge in [-0.1, -0.05) is 0 Å². The Bertz CT molecular complexity index is 323. The topological polar surface area (TPSA) is 49.7 Å². The second-order valence-corrected chi connectivity index (χ2v) is 5.72. The van der Waals surface area contributed by atoms with E-state index in [2.05, 4.69) is 0 Å². The summed E-state index contributed by atoms with van der Waals surface area (Å²) >= 11 is 7.55. The van der Waals surface area contributed by atoms with Gasteiger partial charge in [0.05, 0.1) is 3.57 Å².